The van der Waals surface area contributed by atoms with Crippen LogP contribution in [0.5, 0.6) is 11.5 Å². The average Bonchev–Trinajstić information content (AvgIpc) is 0.644. The minimum absolute atomic E-state index is 0.450. The molecule has 15 aromatic rings. The summed E-state index contributed by atoms with van der Waals surface area (Å²) in [6.45, 7) is 10.4. The molecule has 0 spiro atoms. The number of rotatable bonds is 44. The summed E-state index contributed by atoms with van der Waals surface area (Å²) in [5, 5.41) is 37.3. The summed E-state index contributed by atoms with van der Waals surface area (Å²) in [4.78, 5) is 4.23. The molecule has 0 amide bonds. The van der Waals surface area contributed by atoms with Gasteiger partial charge in [-0.1, -0.05) is 226 Å². The first-order chi connectivity index (χ1) is 51.5. The van der Waals surface area contributed by atoms with Gasteiger partial charge in [-0.3, -0.25) is 4.99 Å². The van der Waals surface area contributed by atoms with Crippen LogP contribution in [0.3, 0.4) is 0 Å². The fraction of sp³-hybridized carbons (Fsp3) is 0.415. The van der Waals surface area contributed by atoms with Gasteiger partial charge in [-0.15, -0.1) is 0 Å². The zero-order valence-corrected chi connectivity index (χ0v) is 63.3. The Balaban J connectivity index is 0.867. The van der Waals surface area contributed by atoms with Gasteiger partial charge in [0.2, 0.25) is 0 Å². The Bertz CT molecular complexity index is 5280. The summed E-state index contributed by atoms with van der Waals surface area (Å²) in [6.07, 6.45) is 28.9. The Kier molecular flexibility index (Phi) is 23.6. The molecule has 0 aliphatic rings. The maximum absolute atomic E-state index is 6.35. The third kappa shape index (κ3) is 14.7. The second-order valence-electron chi connectivity index (χ2n) is 29.4. The molecular weight excluding hydrogens is 1300 g/mol. The Morgan fingerprint density at radius 1 is 0.317 bits per heavy atom. The van der Waals surface area contributed by atoms with Gasteiger partial charge in [0.15, 0.2) is 5.17 Å². The molecular formula is C94H106N2O7S. The molecule has 0 bridgehead atoms. The van der Waals surface area contributed by atoms with Crippen LogP contribution in [0.4, 0.5) is 0 Å². The quantitative estimate of drug-likeness (QED) is 0.0132. The molecule has 0 aliphatic carbocycles. The minimum Gasteiger partial charge on any atom is -0.491 e. The molecule has 9 nitrogen and oxygen atoms in total. The van der Waals surface area contributed by atoms with Crippen molar-refractivity contribution in [1.82, 2.24) is 5.32 Å². The molecule has 1 N–H and O–H groups in total. The monoisotopic (exact) mass is 1410 g/mol. The Morgan fingerprint density at radius 2 is 0.615 bits per heavy atom. The van der Waals surface area contributed by atoms with Gasteiger partial charge in [-0.2, -0.15) is 0 Å². The highest BCUT2D eigenvalue weighted by molar-refractivity contribution is 8.13. The van der Waals surface area contributed by atoms with Crippen LogP contribution in [0, 0.1) is 0 Å². The van der Waals surface area contributed by atoms with E-state index in [2.05, 4.69) is 158 Å². The maximum atomic E-state index is 6.35. The van der Waals surface area contributed by atoms with E-state index in [1.54, 1.807) is 25.9 Å². The molecule has 0 aromatic heterocycles. The topological polar surface area (TPSA) is 89.0 Å². The normalized spacial score (nSPS) is 12.7. The molecule has 0 heterocycles. The van der Waals surface area contributed by atoms with E-state index < -0.39 is 0 Å². The van der Waals surface area contributed by atoms with Gasteiger partial charge < -0.3 is 38.5 Å². The first-order valence-corrected chi connectivity index (χ1v) is 40.8. The lowest BCUT2D eigenvalue weighted by Gasteiger charge is -2.30. The van der Waals surface area contributed by atoms with Crippen molar-refractivity contribution in [2.75, 3.05) is 99.6 Å². The standard InChI is InChI=1S/C94H106N2O7S/c1-6-8-10-12-14-16-18-20-22-24-28-62-54-74-70-30-26-32-72-78-58-66(64-34-38-68(39-35-64)102-50-48-99-45-44-98-43-42-97-5)60-80-81-61-67(65-36-40-69(41-37-65)103-51-49-100-46-47-101-52-53-104-94(95-3)96-4)59-79-73-33-27-31-71-75-55-63(29-25-23-21-19-17-15-13-11-9-7-2)57-77-76(56-62)84(74)90-88(82(70)72)92(86(78)80)93(87(79)81)89(83(71)73)91(90)85(75)77/h26-27,30-41,54-61H,6-25,28-29,42-53H2,1-5H3,(H,95,96). The second-order valence-corrected chi connectivity index (χ2v) is 30.5. The Morgan fingerprint density at radius 3 is 0.962 bits per heavy atom. The fourth-order valence-corrected chi connectivity index (χ4v) is 18.3. The number of hydrogen-bond donors (Lipinski definition) is 1. The summed E-state index contributed by atoms with van der Waals surface area (Å²) in [5.74, 6) is 2.48. The lowest BCUT2D eigenvalue weighted by molar-refractivity contribution is 0.0180. The number of amidine groups is 1. The third-order valence-corrected chi connectivity index (χ3v) is 23.6. The van der Waals surface area contributed by atoms with E-state index in [-0.39, 0.29) is 0 Å². The van der Waals surface area contributed by atoms with Crippen LogP contribution in [0.2, 0.25) is 0 Å². The zero-order valence-electron chi connectivity index (χ0n) is 62.5. The molecule has 15 rings (SSSR count). The Labute approximate surface area is 619 Å². The second kappa shape index (κ2) is 34.2. The van der Waals surface area contributed by atoms with Crippen molar-refractivity contribution in [1.29, 1.82) is 0 Å². The van der Waals surface area contributed by atoms with Gasteiger partial charge in [-0.05, 0) is 237 Å². The number of nitrogens with one attached hydrogen (secondary N) is 1. The van der Waals surface area contributed by atoms with Crippen molar-refractivity contribution in [2.24, 2.45) is 4.99 Å². The van der Waals surface area contributed by atoms with Crippen LogP contribution in [-0.2, 0) is 36.5 Å². The summed E-state index contributed by atoms with van der Waals surface area (Å²) in [5.41, 5.74) is 7.63. The van der Waals surface area contributed by atoms with E-state index in [1.165, 1.54) is 280 Å². The highest BCUT2D eigenvalue weighted by Gasteiger charge is 2.33. The molecule has 104 heavy (non-hydrogen) atoms. The molecule has 0 atom stereocenters. The van der Waals surface area contributed by atoms with Crippen molar-refractivity contribution in [2.45, 2.75) is 155 Å². The number of hydrogen-bond acceptors (Lipinski definition) is 9. The Hall–Kier alpha value is -7.80. The van der Waals surface area contributed by atoms with Crippen LogP contribution in [0.15, 0.2) is 138 Å². The summed E-state index contributed by atoms with van der Waals surface area (Å²) >= 11 is 1.65. The van der Waals surface area contributed by atoms with Gasteiger partial charge in [0.05, 0.1) is 59.5 Å². The lowest BCUT2D eigenvalue weighted by Crippen LogP contribution is -2.16. The SMILES string of the molecule is CCCCCCCCCCCCc1cc2c3cccc4c5cc(-c6ccc(OCCOCCOCCOC)cc6)cc6c7cc(-c8ccc(OCCOCCOCCSC(=NC)NC)cc8)cc8c9cccc%10c%11cc(CCCCCCCCCCCC)cc%12c(c1)c2c1c(c34)c(c56)c(c87)c(c%109)c1c%11%12. The number of benzene rings is 15. The van der Waals surface area contributed by atoms with Crippen LogP contribution in [0.25, 0.3) is 152 Å². The first kappa shape index (κ1) is 71.8. The largest absolute Gasteiger partial charge is 0.491 e. The van der Waals surface area contributed by atoms with Crippen molar-refractivity contribution in [3.63, 3.8) is 0 Å². The zero-order chi connectivity index (χ0) is 70.7. The van der Waals surface area contributed by atoms with Gasteiger partial charge in [0, 0.05) is 27.0 Å². The predicted octanol–water partition coefficient (Wildman–Crippen LogP) is 24.8. The summed E-state index contributed by atoms with van der Waals surface area (Å²) < 4.78 is 41.0. The van der Waals surface area contributed by atoms with Crippen LogP contribution in [0.1, 0.15) is 153 Å². The van der Waals surface area contributed by atoms with Crippen molar-refractivity contribution < 1.29 is 33.2 Å². The first-order valence-electron chi connectivity index (χ1n) is 39.8. The number of unbranched alkanes of at least 4 members (excludes halogenated alkanes) is 18. The third-order valence-electron chi connectivity index (χ3n) is 22.6. The maximum Gasteiger partial charge on any atom is 0.156 e. The van der Waals surface area contributed by atoms with Gasteiger partial charge >= 0.3 is 0 Å². The van der Waals surface area contributed by atoms with Crippen molar-refractivity contribution >= 4 is 146 Å². The molecule has 0 fully saturated rings. The van der Waals surface area contributed by atoms with E-state index in [9.17, 15) is 0 Å². The number of nitrogens with zero attached hydrogens (tertiary/aromatic N) is 1. The molecule has 15 aromatic carbocycles. The molecule has 0 radical (unpaired) electrons. The van der Waals surface area contributed by atoms with Crippen LogP contribution >= 0.6 is 11.8 Å². The van der Waals surface area contributed by atoms with E-state index in [0.717, 1.165) is 46.4 Å². The predicted molar refractivity (Wildman–Crippen MR) is 447 cm³/mol. The fourth-order valence-electron chi connectivity index (χ4n) is 17.7. The molecule has 0 saturated carbocycles. The number of fused-ring (bicyclic) bond motifs is 6. The smallest absolute Gasteiger partial charge is 0.156 e. The van der Waals surface area contributed by atoms with E-state index >= 15 is 0 Å². The highest BCUT2D eigenvalue weighted by Crippen LogP contribution is 2.61. The number of thioether (sulfide) groups is 1. The minimum atomic E-state index is 0.450. The summed E-state index contributed by atoms with van der Waals surface area (Å²) in [7, 11) is 5.37. The van der Waals surface area contributed by atoms with E-state index in [0.29, 0.717) is 72.7 Å². The van der Waals surface area contributed by atoms with E-state index in [4.69, 9.17) is 33.2 Å². The number of methoxy groups -OCH3 is 1. The van der Waals surface area contributed by atoms with Gasteiger partial charge in [-0.25, -0.2) is 0 Å². The molecule has 0 saturated heterocycles. The van der Waals surface area contributed by atoms with Crippen LogP contribution < -0.4 is 14.8 Å². The molecule has 540 valence electrons. The van der Waals surface area contributed by atoms with Crippen molar-refractivity contribution in [3.8, 4) is 33.8 Å². The molecule has 0 unspecified atom stereocenters. The van der Waals surface area contributed by atoms with E-state index in [1.807, 2.05) is 7.05 Å². The van der Waals surface area contributed by atoms with Gasteiger partial charge in [0.1, 0.15) is 24.7 Å². The average molecular weight is 1410 g/mol. The highest BCUT2D eigenvalue weighted by atomic mass is 32.2. The van der Waals surface area contributed by atoms with Gasteiger partial charge in [0.25, 0.3) is 0 Å². The molecule has 10 heteroatoms. The van der Waals surface area contributed by atoms with Crippen molar-refractivity contribution in [3.05, 3.63) is 145 Å². The molecule has 0 aliphatic heterocycles. The summed E-state index contributed by atoms with van der Waals surface area (Å²) in [6, 6.07) is 52.9. The lowest BCUT2D eigenvalue weighted by atomic mass is 9.72. The number of aryl methyl sites for hydroxylation is 2. The number of aliphatic imine (C=N–C) groups is 1. The number of ether oxygens (including phenoxy) is 7. The van der Waals surface area contributed by atoms with Crippen LogP contribution in [-0.4, -0.2) is 105 Å².